The summed E-state index contributed by atoms with van der Waals surface area (Å²) in [5, 5.41) is 7.00. The van der Waals surface area contributed by atoms with E-state index in [1.54, 1.807) is 7.11 Å². The summed E-state index contributed by atoms with van der Waals surface area (Å²) in [7, 11) is 7.72. The topological polar surface area (TPSA) is 52.1 Å². The molecule has 0 radical (unpaired) electrons. The van der Waals surface area contributed by atoms with Crippen LogP contribution in [0.25, 0.3) is 0 Å². The van der Waals surface area contributed by atoms with Crippen molar-refractivity contribution in [2.45, 2.75) is 25.6 Å². The van der Waals surface area contributed by atoms with Gasteiger partial charge in [-0.25, -0.2) is 0 Å². The number of hydrogen-bond acceptors (Lipinski definition) is 4. The Morgan fingerprint density at radius 3 is 2.50 bits per heavy atom. The number of hydrogen-bond donors (Lipinski definition) is 2. The summed E-state index contributed by atoms with van der Waals surface area (Å²) in [5.41, 5.74) is 3.72. The number of nitrogens with zero attached hydrogens (tertiary/aromatic N) is 3. The fourth-order valence-electron chi connectivity index (χ4n) is 3.69. The average molecular weight is 523 g/mol. The lowest BCUT2D eigenvalue weighted by Gasteiger charge is -2.22. The van der Waals surface area contributed by atoms with E-state index < -0.39 is 0 Å². The summed E-state index contributed by atoms with van der Waals surface area (Å²) < 4.78 is 5.51. The van der Waals surface area contributed by atoms with E-state index in [1.165, 1.54) is 11.1 Å². The molecule has 164 valence electrons. The van der Waals surface area contributed by atoms with Crippen molar-refractivity contribution in [2.24, 2.45) is 4.99 Å². The van der Waals surface area contributed by atoms with E-state index in [4.69, 9.17) is 4.74 Å². The highest BCUT2D eigenvalue weighted by atomic mass is 127. The van der Waals surface area contributed by atoms with Crippen LogP contribution in [-0.2, 0) is 13.1 Å². The molecule has 0 amide bonds. The highest BCUT2D eigenvalue weighted by molar-refractivity contribution is 14.0. The van der Waals surface area contributed by atoms with Crippen LogP contribution in [0.3, 0.4) is 0 Å². The van der Waals surface area contributed by atoms with Gasteiger partial charge in [-0.15, -0.1) is 24.0 Å². The molecule has 1 aliphatic rings. The number of anilines is 1. The molecule has 1 saturated heterocycles. The van der Waals surface area contributed by atoms with Crippen LogP contribution in [0.1, 0.15) is 17.5 Å². The number of benzene rings is 2. The normalized spacial score (nSPS) is 16.4. The Morgan fingerprint density at radius 2 is 1.83 bits per heavy atom. The molecule has 0 aromatic heterocycles. The summed E-state index contributed by atoms with van der Waals surface area (Å²) in [4.78, 5) is 8.94. The molecule has 7 heteroatoms. The first-order chi connectivity index (χ1) is 14.1. The van der Waals surface area contributed by atoms with Gasteiger partial charge in [0.2, 0.25) is 0 Å². The van der Waals surface area contributed by atoms with Gasteiger partial charge < -0.3 is 25.2 Å². The van der Waals surface area contributed by atoms with Gasteiger partial charge in [-0.2, -0.15) is 0 Å². The molecule has 1 heterocycles. The Morgan fingerprint density at radius 1 is 1.13 bits per heavy atom. The summed E-state index contributed by atoms with van der Waals surface area (Å²) in [6.07, 6.45) is 1.07. The number of ether oxygens (including phenoxy) is 1. The molecular formula is C23H34IN5O. The van der Waals surface area contributed by atoms with Crippen molar-refractivity contribution in [1.29, 1.82) is 0 Å². The van der Waals surface area contributed by atoms with Crippen LogP contribution < -0.4 is 20.3 Å². The van der Waals surface area contributed by atoms with Crippen LogP contribution in [0.2, 0.25) is 0 Å². The van der Waals surface area contributed by atoms with Crippen molar-refractivity contribution in [3.8, 4) is 5.75 Å². The quantitative estimate of drug-likeness (QED) is 0.332. The minimum absolute atomic E-state index is 0. The molecule has 0 bridgehead atoms. The van der Waals surface area contributed by atoms with Gasteiger partial charge in [0.15, 0.2) is 5.96 Å². The summed E-state index contributed by atoms with van der Waals surface area (Å²) in [5.74, 6) is 1.77. The Balaban J connectivity index is 0.00000320. The highest BCUT2D eigenvalue weighted by Gasteiger charge is 2.25. The molecule has 6 nitrogen and oxygen atoms in total. The molecule has 2 N–H and O–H groups in total. The molecule has 1 aliphatic heterocycles. The zero-order chi connectivity index (χ0) is 20.6. The van der Waals surface area contributed by atoms with Crippen LogP contribution in [0.15, 0.2) is 53.5 Å². The number of aliphatic imine (C=N–C) groups is 1. The van der Waals surface area contributed by atoms with Gasteiger partial charge in [0.25, 0.3) is 0 Å². The maximum absolute atomic E-state index is 5.51. The third-order valence-electron chi connectivity index (χ3n) is 5.16. The molecule has 2 aromatic rings. The lowest BCUT2D eigenvalue weighted by Crippen LogP contribution is -2.44. The molecule has 0 aliphatic carbocycles. The Kier molecular flexibility index (Phi) is 9.71. The van der Waals surface area contributed by atoms with Gasteiger partial charge in [-0.1, -0.05) is 36.4 Å². The molecular weight excluding hydrogens is 489 g/mol. The van der Waals surface area contributed by atoms with Gasteiger partial charge >= 0.3 is 0 Å². The highest BCUT2D eigenvalue weighted by Crippen LogP contribution is 2.30. The van der Waals surface area contributed by atoms with E-state index in [0.717, 1.165) is 50.0 Å². The average Bonchev–Trinajstić information content (AvgIpc) is 3.20. The molecule has 0 saturated carbocycles. The van der Waals surface area contributed by atoms with Crippen LogP contribution in [-0.4, -0.2) is 58.2 Å². The Bertz CT molecular complexity index is 809. The van der Waals surface area contributed by atoms with Crippen LogP contribution in [0.4, 0.5) is 5.69 Å². The number of guanidine groups is 1. The van der Waals surface area contributed by atoms with Gasteiger partial charge in [-0.05, 0) is 43.8 Å². The monoisotopic (exact) mass is 523 g/mol. The number of rotatable bonds is 7. The standard InChI is InChI=1S/C23H33N5O.HI/c1-24-23(25-15-18-9-11-19(12-10-18)16-27(2)3)26-20-13-14-28(17-20)21-7-5-6-8-22(21)29-4;/h5-12,20H,13-17H2,1-4H3,(H2,24,25,26);1H. The zero-order valence-corrected chi connectivity index (χ0v) is 20.7. The number of nitrogens with one attached hydrogen (secondary N) is 2. The van der Waals surface area contributed by atoms with E-state index in [-0.39, 0.29) is 24.0 Å². The molecule has 0 spiro atoms. The van der Waals surface area contributed by atoms with E-state index in [0.29, 0.717) is 6.04 Å². The molecule has 1 atom stereocenters. The van der Waals surface area contributed by atoms with Gasteiger partial charge in [0, 0.05) is 39.3 Å². The number of halogens is 1. The lowest BCUT2D eigenvalue weighted by atomic mass is 10.1. The van der Waals surface area contributed by atoms with Gasteiger partial charge in [-0.3, -0.25) is 4.99 Å². The fourth-order valence-corrected chi connectivity index (χ4v) is 3.69. The largest absolute Gasteiger partial charge is 0.495 e. The first kappa shape index (κ1) is 24.3. The first-order valence-corrected chi connectivity index (χ1v) is 10.2. The van der Waals surface area contributed by atoms with Crippen molar-refractivity contribution >= 4 is 35.6 Å². The maximum atomic E-state index is 5.51. The predicted octanol–water partition coefficient (Wildman–Crippen LogP) is 3.32. The second kappa shape index (κ2) is 12.0. The maximum Gasteiger partial charge on any atom is 0.191 e. The van der Waals surface area contributed by atoms with E-state index >= 15 is 0 Å². The summed E-state index contributed by atoms with van der Waals surface area (Å²) in [6, 6.07) is 17.3. The lowest BCUT2D eigenvalue weighted by molar-refractivity contribution is 0.402. The van der Waals surface area contributed by atoms with Gasteiger partial charge in [0.05, 0.1) is 12.8 Å². The molecule has 1 unspecified atom stereocenters. The predicted molar refractivity (Wildman–Crippen MR) is 136 cm³/mol. The van der Waals surface area contributed by atoms with Crippen LogP contribution in [0.5, 0.6) is 5.75 Å². The summed E-state index contributed by atoms with van der Waals surface area (Å²) >= 11 is 0. The van der Waals surface area contributed by atoms with Crippen molar-refractivity contribution in [2.75, 3.05) is 46.2 Å². The number of para-hydroxylation sites is 2. The van der Waals surface area contributed by atoms with Crippen LogP contribution >= 0.6 is 24.0 Å². The number of methoxy groups -OCH3 is 1. The smallest absolute Gasteiger partial charge is 0.191 e. The van der Waals surface area contributed by atoms with Crippen molar-refractivity contribution in [3.05, 3.63) is 59.7 Å². The fraction of sp³-hybridized carbons (Fsp3) is 0.435. The van der Waals surface area contributed by atoms with Crippen molar-refractivity contribution < 1.29 is 4.74 Å². The molecule has 1 fully saturated rings. The molecule has 30 heavy (non-hydrogen) atoms. The van der Waals surface area contributed by atoms with Crippen molar-refractivity contribution in [1.82, 2.24) is 15.5 Å². The Labute approximate surface area is 197 Å². The van der Waals surface area contributed by atoms with E-state index in [2.05, 4.69) is 75.9 Å². The minimum atomic E-state index is 0. The third-order valence-corrected chi connectivity index (χ3v) is 5.16. The SMILES string of the molecule is CN=C(NCc1ccc(CN(C)C)cc1)NC1CCN(c2ccccc2OC)C1.I. The van der Waals surface area contributed by atoms with E-state index in [9.17, 15) is 0 Å². The Hall–Kier alpha value is -2.00. The zero-order valence-electron chi connectivity index (χ0n) is 18.4. The third kappa shape index (κ3) is 6.77. The first-order valence-electron chi connectivity index (χ1n) is 10.2. The van der Waals surface area contributed by atoms with Crippen LogP contribution in [0, 0.1) is 0 Å². The van der Waals surface area contributed by atoms with Crippen molar-refractivity contribution in [3.63, 3.8) is 0 Å². The molecule has 3 rings (SSSR count). The summed E-state index contributed by atoms with van der Waals surface area (Å²) in [6.45, 7) is 3.65. The minimum Gasteiger partial charge on any atom is -0.495 e. The van der Waals surface area contributed by atoms with E-state index in [1.807, 2.05) is 19.2 Å². The second-order valence-corrected chi connectivity index (χ2v) is 7.73. The second-order valence-electron chi connectivity index (χ2n) is 7.73. The van der Waals surface area contributed by atoms with Gasteiger partial charge in [0.1, 0.15) is 5.75 Å². The molecule has 2 aromatic carbocycles.